The number of hydrogen-bond acceptors (Lipinski definition) is 5. The topological polar surface area (TPSA) is 76.6 Å². The first-order valence-corrected chi connectivity index (χ1v) is 9.36. The van der Waals surface area contributed by atoms with Crippen LogP contribution in [0.15, 0.2) is 72.9 Å². The second-order valence-electron chi connectivity index (χ2n) is 6.77. The highest BCUT2D eigenvalue weighted by atomic mass is 19.1. The summed E-state index contributed by atoms with van der Waals surface area (Å²) in [5, 5.41) is 0. The highest BCUT2D eigenvalue weighted by Gasteiger charge is 2.31. The molecule has 2 amide bonds. The van der Waals surface area contributed by atoms with Gasteiger partial charge in [-0.05, 0) is 42.5 Å². The number of anilines is 1. The van der Waals surface area contributed by atoms with E-state index in [-0.39, 0.29) is 30.2 Å². The molecule has 4 rings (SSSR count). The summed E-state index contributed by atoms with van der Waals surface area (Å²) in [4.78, 5) is 42.2. The minimum absolute atomic E-state index is 0.148. The SMILES string of the molecule is O=C(OC(c1cccc(F)c1)c1ccccn1)c1cccc(N2C(=O)CCC2=O)c1. The molecule has 0 spiro atoms. The average Bonchev–Trinajstić information content (AvgIpc) is 3.10. The molecule has 0 aliphatic carbocycles. The lowest BCUT2D eigenvalue weighted by molar-refractivity contribution is -0.121. The number of aromatic nitrogens is 1. The summed E-state index contributed by atoms with van der Waals surface area (Å²) in [5.41, 5.74) is 1.36. The van der Waals surface area contributed by atoms with Gasteiger partial charge in [0.05, 0.1) is 16.9 Å². The van der Waals surface area contributed by atoms with E-state index in [0.29, 0.717) is 16.9 Å². The predicted molar refractivity (Wildman–Crippen MR) is 106 cm³/mol. The Hall–Kier alpha value is -3.87. The Balaban J connectivity index is 1.64. The number of halogens is 1. The van der Waals surface area contributed by atoms with Crippen LogP contribution in [0.5, 0.6) is 0 Å². The summed E-state index contributed by atoms with van der Waals surface area (Å²) in [7, 11) is 0. The predicted octanol–water partition coefficient (Wildman–Crippen LogP) is 3.82. The molecule has 7 heteroatoms. The van der Waals surface area contributed by atoms with Gasteiger partial charge in [-0.25, -0.2) is 9.18 Å². The molecule has 1 atom stereocenters. The molecule has 1 aliphatic rings. The number of carbonyl (C=O) groups is 3. The first-order chi connectivity index (χ1) is 14.5. The Morgan fingerprint density at radius 1 is 0.967 bits per heavy atom. The van der Waals surface area contributed by atoms with Crippen LogP contribution in [-0.4, -0.2) is 22.8 Å². The molecule has 0 radical (unpaired) electrons. The van der Waals surface area contributed by atoms with Gasteiger partial charge in [-0.1, -0.05) is 24.3 Å². The normalized spacial score (nSPS) is 14.6. The number of hydrogen-bond donors (Lipinski definition) is 0. The molecular weight excluding hydrogens is 387 g/mol. The van der Waals surface area contributed by atoms with Gasteiger partial charge in [0, 0.05) is 24.6 Å². The molecule has 0 bridgehead atoms. The number of rotatable bonds is 5. The average molecular weight is 404 g/mol. The summed E-state index contributed by atoms with van der Waals surface area (Å²) in [6.45, 7) is 0. The van der Waals surface area contributed by atoms with Gasteiger partial charge >= 0.3 is 5.97 Å². The van der Waals surface area contributed by atoms with Gasteiger partial charge in [-0.2, -0.15) is 0 Å². The van der Waals surface area contributed by atoms with Gasteiger partial charge in [0.25, 0.3) is 0 Å². The minimum Gasteiger partial charge on any atom is -0.447 e. The zero-order chi connectivity index (χ0) is 21.1. The van der Waals surface area contributed by atoms with E-state index in [9.17, 15) is 18.8 Å². The van der Waals surface area contributed by atoms with Crippen LogP contribution in [0.2, 0.25) is 0 Å². The third-order valence-electron chi connectivity index (χ3n) is 4.72. The van der Waals surface area contributed by atoms with Crippen molar-refractivity contribution < 1.29 is 23.5 Å². The van der Waals surface area contributed by atoms with Gasteiger partial charge in [-0.3, -0.25) is 19.5 Å². The maximum absolute atomic E-state index is 13.8. The Morgan fingerprint density at radius 3 is 2.43 bits per heavy atom. The van der Waals surface area contributed by atoms with Crippen molar-refractivity contribution in [3.05, 3.63) is 95.6 Å². The molecule has 150 valence electrons. The van der Waals surface area contributed by atoms with E-state index < -0.39 is 17.9 Å². The number of pyridine rings is 1. The maximum Gasteiger partial charge on any atom is 0.339 e. The summed E-state index contributed by atoms with van der Waals surface area (Å²) in [6.07, 6.45) is 0.928. The number of nitrogens with zero attached hydrogens (tertiary/aromatic N) is 2. The molecule has 6 nitrogen and oxygen atoms in total. The van der Waals surface area contributed by atoms with Gasteiger partial charge in [0.1, 0.15) is 5.82 Å². The molecule has 0 N–H and O–H groups in total. The Labute approximate surface area is 171 Å². The van der Waals surface area contributed by atoms with Crippen molar-refractivity contribution in [3.8, 4) is 0 Å². The molecule has 1 fully saturated rings. The lowest BCUT2D eigenvalue weighted by Gasteiger charge is -2.19. The molecule has 1 unspecified atom stereocenters. The lowest BCUT2D eigenvalue weighted by atomic mass is 10.1. The summed E-state index contributed by atoms with van der Waals surface area (Å²) >= 11 is 0. The van der Waals surface area contributed by atoms with Crippen LogP contribution in [0.3, 0.4) is 0 Å². The quantitative estimate of drug-likeness (QED) is 0.477. The van der Waals surface area contributed by atoms with Crippen molar-refractivity contribution in [2.75, 3.05) is 4.90 Å². The summed E-state index contributed by atoms with van der Waals surface area (Å²) in [6, 6.07) is 17.0. The molecule has 1 aromatic heterocycles. The molecule has 2 aromatic carbocycles. The van der Waals surface area contributed by atoms with Crippen molar-refractivity contribution in [1.82, 2.24) is 4.98 Å². The number of carbonyl (C=O) groups excluding carboxylic acids is 3. The Morgan fingerprint density at radius 2 is 1.73 bits per heavy atom. The fourth-order valence-electron chi connectivity index (χ4n) is 3.31. The maximum atomic E-state index is 13.8. The second kappa shape index (κ2) is 8.24. The zero-order valence-corrected chi connectivity index (χ0v) is 15.8. The molecule has 0 saturated carbocycles. The molecule has 2 heterocycles. The van der Waals surface area contributed by atoms with Crippen molar-refractivity contribution >= 4 is 23.5 Å². The van der Waals surface area contributed by atoms with Crippen LogP contribution in [0.1, 0.15) is 40.6 Å². The first kappa shape index (κ1) is 19.4. The molecular formula is C23H17FN2O4. The number of esters is 1. The van der Waals surface area contributed by atoms with Gasteiger partial charge in [-0.15, -0.1) is 0 Å². The van der Waals surface area contributed by atoms with Crippen molar-refractivity contribution in [3.63, 3.8) is 0 Å². The van der Waals surface area contributed by atoms with Crippen molar-refractivity contribution in [2.45, 2.75) is 18.9 Å². The van der Waals surface area contributed by atoms with Gasteiger partial charge in [0.15, 0.2) is 6.10 Å². The van der Waals surface area contributed by atoms with Crippen molar-refractivity contribution in [2.24, 2.45) is 0 Å². The van der Waals surface area contributed by atoms with E-state index in [1.165, 1.54) is 30.3 Å². The highest BCUT2D eigenvalue weighted by molar-refractivity contribution is 6.20. The van der Waals surface area contributed by atoms with Crippen LogP contribution >= 0.6 is 0 Å². The fourth-order valence-corrected chi connectivity index (χ4v) is 3.31. The second-order valence-corrected chi connectivity index (χ2v) is 6.77. The number of ether oxygens (including phenoxy) is 1. The fraction of sp³-hybridized carbons (Fsp3) is 0.130. The van der Waals surface area contributed by atoms with Crippen LogP contribution in [0.4, 0.5) is 10.1 Å². The molecule has 1 aliphatic heterocycles. The van der Waals surface area contributed by atoms with Crippen LogP contribution in [0, 0.1) is 5.82 Å². The van der Waals surface area contributed by atoms with E-state index in [2.05, 4.69) is 4.98 Å². The third kappa shape index (κ3) is 3.96. The number of imide groups is 1. The standard InChI is InChI=1S/C23H17FN2O4/c24-17-7-3-5-15(13-17)22(19-9-1-2-12-25-19)30-23(29)16-6-4-8-18(14-16)26-20(27)10-11-21(26)28/h1-9,12-14,22H,10-11H2. The number of amides is 2. The third-order valence-corrected chi connectivity index (χ3v) is 4.72. The lowest BCUT2D eigenvalue weighted by Crippen LogP contribution is -2.28. The summed E-state index contributed by atoms with van der Waals surface area (Å²) in [5.74, 6) is -1.76. The van der Waals surface area contributed by atoms with Gasteiger partial charge < -0.3 is 4.74 Å². The van der Waals surface area contributed by atoms with E-state index >= 15 is 0 Å². The minimum atomic E-state index is -0.923. The molecule has 1 saturated heterocycles. The van der Waals surface area contributed by atoms with Crippen LogP contribution in [0.25, 0.3) is 0 Å². The Kier molecular flexibility index (Phi) is 5.34. The van der Waals surface area contributed by atoms with Crippen LogP contribution < -0.4 is 4.90 Å². The molecule has 3 aromatic rings. The number of benzene rings is 2. The Bertz CT molecular complexity index is 1100. The van der Waals surface area contributed by atoms with Crippen molar-refractivity contribution in [1.29, 1.82) is 0 Å². The first-order valence-electron chi connectivity index (χ1n) is 9.36. The monoisotopic (exact) mass is 404 g/mol. The zero-order valence-electron chi connectivity index (χ0n) is 15.8. The highest BCUT2D eigenvalue weighted by Crippen LogP contribution is 2.28. The van der Waals surface area contributed by atoms with Crippen LogP contribution in [-0.2, 0) is 14.3 Å². The van der Waals surface area contributed by atoms with E-state index in [1.807, 2.05) is 0 Å². The van der Waals surface area contributed by atoms with E-state index in [1.54, 1.807) is 42.6 Å². The summed E-state index contributed by atoms with van der Waals surface area (Å²) < 4.78 is 19.5. The molecule has 30 heavy (non-hydrogen) atoms. The largest absolute Gasteiger partial charge is 0.447 e. The van der Waals surface area contributed by atoms with Gasteiger partial charge in [0.2, 0.25) is 11.8 Å². The smallest absolute Gasteiger partial charge is 0.339 e. The van der Waals surface area contributed by atoms with E-state index in [0.717, 1.165) is 4.90 Å². The van der Waals surface area contributed by atoms with E-state index in [4.69, 9.17) is 4.74 Å².